The number of hydrogen-bond acceptors (Lipinski definition) is 5. The maximum absolute atomic E-state index is 12.0. The van der Waals surface area contributed by atoms with Crippen LogP contribution in [0.4, 0.5) is 0 Å². The number of aliphatic hydroxyl groups is 1. The second-order valence-corrected chi connectivity index (χ2v) is 6.23. The third kappa shape index (κ3) is 4.10. The van der Waals surface area contributed by atoms with Gasteiger partial charge >= 0.3 is 11.9 Å². The summed E-state index contributed by atoms with van der Waals surface area (Å²) in [5.74, 6) is -1.49. The number of aliphatic hydroxyl groups excluding tert-OH is 1. The van der Waals surface area contributed by atoms with Gasteiger partial charge < -0.3 is 14.6 Å². The molecule has 2 aliphatic rings. The fourth-order valence-electron chi connectivity index (χ4n) is 3.06. The Kier molecular flexibility index (Phi) is 5.77. The Labute approximate surface area is 136 Å². The Hall–Kier alpha value is -1.88. The average Bonchev–Trinajstić information content (AvgIpc) is 2.80. The van der Waals surface area contributed by atoms with E-state index >= 15 is 0 Å². The van der Waals surface area contributed by atoms with E-state index in [9.17, 15) is 9.59 Å². The fraction of sp³-hybridized carbons (Fsp3) is 0.556. The Morgan fingerprint density at radius 1 is 1.48 bits per heavy atom. The van der Waals surface area contributed by atoms with E-state index in [1.807, 2.05) is 19.1 Å². The van der Waals surface area contributed by atoms with E-state index in [-0.39, 0.29) is 29.5 Å². The van der Waals surface area contributed by atoms with Gasteiger partial charge in [-0.25, -0.2) is 4.79 Å². The zero-order valence-corrected chi connectivity index (χ0v) is 13.7. The molecule has 0 bridgehead atoms. The molecule has 1 saturated heterocycles. The molecule has 1 N–H and O–H groups in total. The van der Waals surface area contributed by atoms with Gasteiger partial charge in [0.15, 0.2) is 0 Å². The summed E-state index contributed by atoms with van der Waals surface area (Å²) in [5.41, 5.74) is 1.12. The second kappa shape index (κ2) is 7.59. The largest absolute Gasteiger partial charge is 0.458 e. The molecule has 2 rings (SSSR count). The zero-order chi connectivity index (χ0) is 17.0. The van der Waals surface area contributed by atoms with E-state index in [4.69, 9.17) is 14.6 Å². The highest BCUT2D eigenvalue weighted by atomic mass is 16.6. The number of allylic oxidation sites excluding steroid dienone is 2. The van der Waals surface area contributed by atoms with Gasteiger partial charge in [0.2, 0.25) is 0 Å². The van der Waals surface area contributed by atoms with Gasteiger partial charge in [-0.15, -0.1) is 0 Å². The molecule has 0 aromatic carbocycles. The third-order valence-electron chi connectivity index (χ3n) is 4.42. The van der Waals surface area contributed by atoms with Crippen LogP contribution in [0.5, 0.6) is 0 Å². The lowest BCUT2D eigenvalue weighted by Crippen LogP contribution is -2.36. The summed E-state index contributed by atoms with van der Waals surface area (Å²) in [6.07, 6.45) is 7.46. The molecule has 0 spiro atoms. The Morgan fingerprint density at radius 3 is 2.91 bits per heavy atom. The van der Waals surface area contributed by atoms with Crippen LogP contribution in [0.2, 0.25) is 0 Å². The minimum atomic E-state index is -0.628. The summed E-state index contributed by atoms with van der Waals surface area (Å²) in [4.78, 5) is 24.0. The fourth-order valence-corrected chi connectivity index (χ4v) is 3.06. The van der Waals surface area contributed by atoms with Gasteiger partial charge in [-0.05, 0) is 25.8 Å². The van der Waals surface area contributed by atoms with Crippen LogP contribution < -0.4 is 0 Å². The van der Waals surface area contributed by atoms with E-state index in [0.29, 0.717) is 6.42 Å². The van der Waals surface area contributed by atoms with Crippen molar-refractivity contribution in [3.63, 3.8) is 0 Å². The van der Waals surface area contributed by atoms with Gasteiger partial charge in [-0.3, -0.25) is 4.79 Å². The molecule has 4 unspecified atom stereocenters. The lowest BCUT2D eigenvalue weighted by Gasteiger charge is -2.28. The predicted molar refractivity (Wildman–Crippen MR) is 85.4 cm³/mol. The first kappa shape index (κ1) is 17.5. The first-order valence-corrected chi connectivity index (χ1v) is 7.96. The maximum atomic E-state index is 12.0. The molecule has 0 aromatic heterocycles. The standard InChI is InChI=1S/C18H24O5/c1-11-7-5-4-6-8-14-16(13(3)18(21)22-14)15(9-11)23-17(20)12(2)10-19/h6-8,13-16,19H,2,4-5,9-10H2,1,3H3. The molecule has 1 aliphatic carbocycles. The van der Waals surface area contributed by atoms with Crippen molar-refractivity contribution in [1.82, 2.24) is 0 Å². The van der Waals surface area contributed by atoms with Gasteiger partial charge in [0.1, 0.15) is 12.2 Å². The van der Waals surface area contributed by atoms with Crippen LogP contribution in [0, 0.1) is 11.8 Å². The van der Waals surface area contributed by atoms with E-state index in [0.717, 1.165) is 18.4 Å². The van der Waals surface area contributed by atoms with Gasteiger partial charge in [-0.1, -0.05) is 31.2 Å². The molecule has 4 atom stereocenters. The molecule has 1 aliphatic heterocycles. The second-order valence-electron chi connectivity index (χ2n) is 6.23. The zero-order valence-electron chi connectivity index (χ0n) is 13.7. The minimum Gasteiger partial charge on any atom is -0.458 e. The number of fused-ring (bicyclic) bond motifs is 1. The summed E-state index contributed by atoms with van der Waals surface area (Å²) < 4.78 is 11.0. The molecule has 1 fully saturated rings. The number of esters is 2. The molecule has 0 saturated carbocycles. The van der Waals surface area contributed by atoms with Crippen LogP contribution in [0.3, 0.4) is 0 Å². The molecule has 23 heavy (non-hydrogen) atoms. The number of carbonyl (C=O) groups is 2. The van der Waals surface area contributed by atoms with E-state index in [1.165, 1.54) is 0 Å². The quantitative estimate of drug-likeness (QED) is 0.491. The van der Waals surface area contributed by atoms with Crippen molar-refractivity contribution in [2.45, 2.75) is 45.3 Å². The van der Waals surface area contributed by atoms with Crippen LogP contribution in [-0.4, -0.2) is 35.9 Å². The highest BCUT2D eigenvalue weighted by Crippen LogP contribution is 2.36. The monoisotopic (exact) mass is 320 g/mol. The third-order valence-corrected chi connectivity index (χ3v) is 4.42. The van der Waals surface area contributed by atoms with Gasteiger partial charge in [0, 0.05) is 6.42 Å². The van der Waals surface area contributed by atoms with Gasteiger partial charge in [0.25, 0.3) is 0 Å². The molecule has 0 amide bonds. The highest BCUT2D eigenvalue weighted by Gasteiger charge is 2.46. The summed E-state index contributed by atoms with van der Waals surface area (Å²) >= 11 is 0. The number of carbonyl (C=O) groups excluding carboxylic acids is 2. The first-order chi connectivity index (χ1) is 10.9. The molecule has 5 heteroatoms. The summed E-state index contributed by atoms with van der Waals surface area (Å²) in [6.45, 7) is 6.85. The van der Waals surface area contributed by atoms with Crippen LogP contribution in [0.25, 0.3) is 0 Å². The van der Waals surface area contributed by atoms with Crippen molar-refractivity contribution < 1.29 is 24.2 Å². The van der Waals surface area contributed by atoms with Crippen molar-refractivity contribution in [2.24, 2.45) is 11.8 Å². The number of ether oxygens (including phenoxy) is 2. The Bertz CT molecular complexity index is 546. The van der Waals surface area contributed by atoms with Crippen molar-refractivity contribution in [2.75, 3.05) is 6.61 Å². The maximum Gasteiger partial charge on any atom is 0.336 e. The highest BCUT2D eigenvalue weighted by molar-refractivity contribution is 5.88. The lowest BCUT2D eigenvalue weighted by molar-refractivity contribution is -0.148. The summed E-state index contributed by atoms with van der Waals surface area (Å²) in [6, 6.07) is 0. The van der Waals surface area contributed by atoms with E-state index in [2.05, 4.69) is 12.7 Å². The Balaban J connectivity index is 2.29. The smallest absolute Gasteiger partial charge is 0.336 e. The molecule has 126 valence electrons. The predicted octanol–water partition coefficient (Wildman–Crippen LogP) is 2.31. The van der Waals surface area contributed by atoms with Crippen LogP contribution in [0.15, 0.2) is 36.0 Å². The normalized spacial score (nSPS) is 30.9. The molecule has 0 aromatic rings. The molecule has 1 heterocycles. The van der Waals surface area contributed by atoms with Gasteiger partial charge in [0.05, 0.1) is 24.0 Å². The average molecular weight is 320 g/mol. The Morgan fingerprint density at radius 2 is 2.22 bits per heavy atom. The molecular formula is C18H24O5. The van der Waals surface area contributed by atoms with Crippen LogP contribution >= 0.6 is 0 Å². The molecule has 5 nitrogen and oxygen atoms in total. The SMILES string of the molecule is C=C(CO)C(=O)OC1CC(C)=CCCC=CC2OC(=O)C(C)C21. The lowest BCUT2D eigenvalue weighted by atomic mass is 9.83. The molecular weight excluding hydrogens is 296 g/mol. The molecule has 0 radical (unpaired) electrons. The summed E-state index contributed by atoms with van der Waals surface area (Å²) in [7, 11) is 0. The van der Waals surface area contributed by atoms with Crippen molar-refractivity contribution in [1.29, 1.82) is 0 Å². The van der Waals surface area contributed by atoms with Gasteiger partial charge in [-0.2, -0.15) is 0 Å². The minimum absolute atomic E-state index is 0.00807. The van der Waals surface area contributed by atoms with Crippen molar-refractivity contribution >= 4 is 11.9 Å². The van der Waals surface area contributed by atoms with Crippen molar-refractivity contribution in [3.8, 4) is 0 Å². The van der Waals surface area contributed by atoms with Crippen LogP contribution in [-0.2, 0) is 19.1 Å². The first-order valence-electron chi connectivity index (χ1n) is 7.96. The van der Waals surface area contributed by atoms with E-state index < -0.39 is 18.7 Å². The summed E-state index contributed by atoms with van der Waals surface area (Å²) in [5, 5.41) is 9.05. The topological polar surface area (TPSA) is 72.8 Å². The van der Waals surface area contributed by atoms with Crippen LogP contribution in [0.1, 0.15) is 33.1 Å². The van der Waals surface area contributed by atoms with Crippen molar-refractivity contribution in [3.05, 3.63) is 36.0 Å². The number of rotatable bonds is 3. The number of hydrogen-bond donors (Lipinski definition) is 1. The van der Waals surface area contributed by atoms with E-state index in [1.54, 1.807) is 6.92 Å².